The Morgan fingerprint density at radius 3 is 2.00 bits per heavy atom. The highest BCUT2D eigenvalue weighted by molar-refractivity contribution is 7.85. The smallest absolute Gasteiger partial charge is 0.336 e. The van der Waals surface area contributed by atoms with Crippen LogP contribution in [0.3, 0.4) is 0 Å². The second kappa shape index (κ2) is 14.0. The molecule has 13 nitrogen and oxygen atoms in total. The lowest BCUT2D eigenvalue weighted by Gasteiger charge is -2.29. The van der Waals surface area contributed by atoms with Crippen molar-refractivity contribution in [1.29, 1.82) is 5.41 Å². The average Bonchev–Trinajstić information content (AvgIpc) is 2.89. The topological polar surface area (TPSA) is 233 Å². The van der Waals surface area contributed by atoms with E-state index in [0.717, 1.165) is 0 Å². The number of carbonyl (C=O) groups excluding carboxylic acids is 2. The van der Waals surface area contributed by atoms with Crippen LogP contribution in [0.5, 0.6) is 0 Å². The summed E-state index contributed by atoms with van der Waals surface area (Å²) in [6.07, 6.45) is 0.715. The van der Waals surface area contributed by atoms with Crippen molar-refractivity contribution in [3.8, 4) is 11.1 Å². The number of carbonyl (C=O) groups is 3. The van der Waals surface area contributed by atoms with Crippen LogP contribution < -0.4 is 16.4 Å². The molecule has 0 radical (unpaired) electrons. The highest BCUT2D eigenvalue weighted by Gasteiger charge is 2.27. The summed E-state index contributed by atoms with van der Waals surface area (Å²) in [5.41, 5.74) is 6.98. The first-order chi connectivity index (χ1) is 19.8. The molecule has 1 aromatic heterocycles. The van der Waals surface area contributed by atoms with Gasteiger partial charge < -0.3 is 26.6 Å². The molecule has 0 saturated heterocycles. The van der Waals surface area contributed by atoms with Gasteiger partial charge in [0.15, 0.2) is 0 Å². The number of nitrogens with two attached hydrogens (primary N) is 1. The first-order valence-electron chi connectivity index (χ1n) is 12.8. The molecule has 14 heteroatoms. The van der Waals surface area contributed by atoms with Crippen LogP contribution in [0.4, 0.5) is 5.69 Å². The third-order valence-corrected chi connectivity index (χ3v) is 6.04. The minimum atomic E-state index is -3.67. The van der Waals surface area contributed by atoms with Gasteiger partial charge in [0.05, 0.1) is 24.5 Å². The number of aromatic carboxylic acids is 1. The van der Waals surface area contributed by atoms with Gasteiger partial charge in [-0.2, -0.15) is 8.42 Å². The van der Waals surface area contributed by atoms with Crippen LogP contribution in [0.25, 0.3) is 11.1 Å². The summed E-state index contributed by atoms with van der Waals surface area (Å²) in [4.78, 5) is 42.6. The van der Waals surface area contributed by atoms with Gasteiger partial charge in [0.1, 0.15) is 11.5 Å². The summed E-state index contributed by atoms with van der Waals surface area (Å²) in [6.45, 7) is 7.04. The van der Waals surface area contributed by atoms with Crippen LogP contribution in [0.1, 0.15) is 63.2 Å². The fourth-order valence-electron chi connectivity index (χ4n) is 3.75. The van der Waals surface area contributed by atoms with Crippen molar-refractivity contribution < 1.29 is 37.6 Å². The van der Waals surface area contributed by atoms with Crippen molar-refractivity contribution >= 4 is 39.4 Å². The molecule has 2 amide bonds. The third kappa shape index (κ3) is 10.3. The van der Waals surface area contributed by atoms with Gasteiger partial charge in [-0.1, -0.05) is 32.9 Å². The van der Waals surface area contributed by atoms with E-state index in [4.69, 9.17) is 15.7 Å². The molecule has 0 aliphatic heterocycles. The second-order valence-corrected chi connectivity index (χ2v) is 12.1. The summed E-state index contributed by atoms with van der Waals surface area (Å²) >= 11 is 0. The summed E-state index contributed by atoms with van der Waals surface area (Å²) in [5.74, 6) is -2.47. The molecule has 0 aliphatic rings. The maximum atomic E-state index is 13.2. The molecular weight excluding hydrogens is 578 g/mol. The monoisotopic (exact) mass is 613 g/mol. The van der Waals surface area contributed by atoms with E-state index in [9.17, 15) is 33.0 Å². The van der Waals surface area contributed by atoms with Crippen LogP contribution in [0.2, 0.25) is 0 Å². The molecule has 3 rings (SSSR count). The van der Waals surface area contributed by atoms with Crippen molar-refractivity contribution in [2.45, 2.75) is 33.7 Å². The first-order valence-corrected chi connectivity index (χ1v) is 14.6. The lowest BCUT2D eigenvalue weighted by molar-refractivity contribution is 0.0697. The Hall–Kier alpha value is -4.66. The molecule has 3 aromatic rings. The quantitative estimate of drug-likeness (QED) is 0.111. The summed E-state index contributed by atoms with van der Waals surface area (Å²) in [5, 5.41) is 32.6. The number of pyridine rings is 1. The molecule has 2 aromatic carbocycles. The molecule has 8 N–H and O–H groups in total. The summed E-state index contributed by atoms with van der Waals surface area (Å²) in [6, 6.07) is 13.3. The Morgan fingerprint density at radius 2 is 1.51 bits per heavy atom. The van der Waals surface area contributed by atoms with E-state index in [-0.39, 0.29) is 40.4 Å². The zero-order chi connectivity index (χ0) is 32.7. The zero-order valence-electron chi connectivity index (χ0n) is 24.3. The molecule has 1 atom stereocenters. The number of aromatic nitrogens is 1. The van der Waals surface area contributed by atoms with Gasteiger partial charge in [-0.05, 0) is 60.4 Å². The Bertz CT molecular complexity index is 1620. The van der Waals surface area contributed by atoms with E-state index < -0.39 is 39.4 Å². The number of aliphatic hydroxyl groups excluding tert-OH is 1. The van der Waals surface area contributed by atoms with Crippen molar-refractivity contribution in [2.24, 2.45) is 11.1 Å². The van der Waals surface area contributed by atoms with Crippen LogP contribution in [0.15, 0.2) is 54.6 Å². The molecule has 230 valence electrons. The normalized spacial score (nSPS) is 11.9. The fraction of sp³-hybridized carbons (Fsp3) is 0.276. The molecule has 0 saturated carbocycles. The number of aryl methyl sites for hydroxylation is 1. The molecule has 0 spiro atoms. The number of hydrogen-bond acceptors (Lipinski definition) is 8. The molecular formula is C29H35N5O8S. The van der Waals surface area contributed by atoms with Crippen molar-refractivity contribution in [2.75, 3.05) is 18.2 Å². The molecule has 1 heterocycles. The van der Waals surface area contributed by atoms with E-state index in [1.165, 1.54) is 18.2 Å². The van der Waals surface area contributed by atoms with E-state index in [0.29, 0.717) is 23.2 Å². The Balaban J connectivity index is 0.00000119. The molecule has 0 bridgehead atoms. The molecule has 0 fully saturated rings. The van der Waals surface area contributed by atoms with Gasteiger partial charge in [-0.25, -0.2) is 9.78 Å². The minimum Gasteiger partial charge on any atom is -0.478 e. The van der Waals surface area contributed by atoms with Crippen LogP contribution in [-0.4, -0.2) is 70.7 Å². The number of nitrogen functional groups attached to an aromatic ring is 1. The van der Waals surface area contributed by atoms with Gasteiger partial charge >= 0.3 is 5.97 Å². The molecule has 1 unspecified atom stereocenters. The standard InChI is InChI=1S/C28H31N5O5.CH4O3S/c1-15-5-11-20(23(31-15)26(36)32-18-9-6-16(7-10-18)24(29)30)19-12-8-17(13-21(19)27(37)38)25(35)33-22(14-34)28(2,3)4;1-5(2,3)4/h5-13,22,34H,14H2,1-4H3,(H3,29,30)(H,32,36)(H,33,35)(H,37,38);1H3,(H,2,3,4). The number of carboxylic acids is 1. The van der Waals surface area contributed by atoms with E-state index >= 15 is 0 Å². The van der Waals surface area contributed by atoms with Gasteiger partial charge in [0, 0.05) is 28.1 Å². The number of benzene rings is 2. The number of anilines is 1. The molecule has 43 heavy (non-hydrogen) atoms. The number of amides is 2. The van der Waals surface area contributed by atoms with Crippen molar-refractivity contribution in [1.82, 2.24) is 10.3 Å². The van der Waals surface area contributed by atoms with Gasteiger partial charge in [-0.3, -0.25) is 19.6 Å². The van der Waals surface area contributed by atoms with Crippen LogP contribution >= 0.6 is 0 Å². The maximum Gasteiger partial charge on any atom is 0.336 e. The van der Waals surface area contributed by atoms with E-state index in [1.807, 2.05) is 20.8 Å². The Kier molecular flexibility index (Phi) is 11.2. The lowest BCUT2D eigenvalue weighted by atomic mass is 9.87. The van der Waals surface area contributed by atoms with E-state index in [1.54, 1.807) is 43.3 Å². The highest BCUT2D eigenvalue weighted by atomic mass is 32.2. The predicted molar refractivity (Wildman–Crippen MR) is 162 cm³/mol. The number of nitrogens with one attached hydrogen (secondary N) is 3. The summed E-state index contributed by atoms with van der Waals surface area (Å²) < 4.78 is 25.9. The van der Waals surface area contributed by atoms with Crippen molar-refractivity contribution in [3.05, 3.63) is 82.7 Å². The largest absolute Gasteiger partial charge is 0.478 e. The van der Waals surface area contributed by atoms with Gasteiger partial charge in [0.2, 0.25) is 0 Å². The molecule has 0 aliphatic carbocycles. The number of nitrogens with zero attached hydrogens (tertiary/aromatic N) is 1. The zero-order valence-corrected chi connectivity index (χ0v) is 25.1. The number of rotatable bonds is 8. The fourth-order valence-corrected chi connectivity index (χ4v) is 3.75. The van der Waals surface area contributed by atoms with Crippen molar-refractivity contribution in [3.63, 3.8) is 0 Å². The van der Waals surface area contributed by atoms with Crippen LogP contribution in [-0.2, 0) is 10.1 Å². The third-order valence-electron chi connectivity index (χ3n) is 6.04. The van der Waals surface area contributed by atoms with Gasteiger partial charge in [-0.15, -0.1) is 0 Å². The summed E-state index contributed by atoms with van der Waals surface area (Å²) in [7, 11) is -3.67. The number of amidine groups is 1. The van der Waals surface area contributed by atoms with Gasteiger partial charge in [0.25, 0.3) is 21.9 Å². The SMILES string of the molecule is CS(=O)(=O)O.Cc1ccc(-c2ccc(C(=O)NC(CO)C(C)(C)C)cc2C(=O)O)c(C(=O)Nc2ccc(C(=N)N)cc2)n1. The maximum absolute atomic E-state index is 13.2. The van der Waals surface area contributed by atoms with E-state index in [2.05, 4.69) is 15.6 Å². The Labute approximate surface area is 249 Å². The first kappa shape index (κ1) is 34.5. The predicted octanol–water partition coefficient (Wildman–Crippen LogP) is 2.93. The number of aliphatic hydroxyl groups is 1. The second-order valence-electron chi connectivity index (χ2n) is 10.7. The highest BCUT2D eigenvalue weighted by Crippen LogP contribution is 2.29. The lowest BCUT2D eigenvalue weighted by Crippen LogP contribution is -2.46. The van der Waals surface area contributed by atoms with Crippen LogP contribution in [0, 0.1) is 17.7 Å². The number of carboxylic acid groups (broad SMARTS) is 1. The minimum absolute atomic E-state index is 0.00780. The average molecular weight is 614 g/mol. The number of hydrogen-bond donors (Lipinski definition) is 7. The Morgan fingerprint density at radius 1 is 0.977 bits per heavy atom.